The highest BCUT2D eigenvalue weighted by molar-refractivity contribution is 5.94. The molecule has 24 heavy (non-hydrogen) atoms. The number of carbonyl (C=O) groups is 1. The van der Waals surface area contributed by atoms with E-state index in [2.05, 4.69) is 39.0 Å². The quantitative estimate of drug-likeness (QED) is 0.765. The Hall–Kier alpha value is -2.03. The molecule has 1 aromatic carbocycles. The zero-order valence-corrected chi connectivity index (χ0v) is 14.9. The monoisotopic (exact) mass is 324 g/mol. The fourth-order valence-corrected chi connectivity index (χ4v) is 4.66. The molecule has 0 N–H and O–H groups in total. The summed E-state index contributed by atoms with van der Waals surface area (Å²) in [6.07, 6.45) is 4.90. The molecule has 2 aliphatic carbocycles. The van der Waals surface area contributed by atoms with Crippen molar-refractivity contribution in [2.24, 2.45) is 0 Å². The van der Waals surface area contributed by atoms with Gasteiger partial charge in [-0.1, -0.05) is 39.0 Å². The van der Waals surface area contributed by atoms with Crippen molar-refractivity contribution in [3.63, 3.8) is 0 Å². The minimum Gasteiger partial charge on any atom is -0.496 e. The van der Waals surface area contributed by atoms with Crippen molar-refractivity contribution in [2.45, 2.75) is 51.4 Å². The van der Waals surface area contributed by atoms with Crippen LogP contribution in [0.25, 0.3) is 0 Å². The van der Waals surface area contributed by atoms with Crippen molar-refractivity contribution >= 4 is 5.97 Å². The Morgan fingerprint density at radius 2 is 2.04 bits per heavy atom. The highest BCUT2D eigenvalue weighted by Crippen LogP contribution is 2.52. The molecule has 3 aliphatic rings. The van der Waals surface area contributed by atoms with Crippen molar-refractivity contribution < 1.29 is 14.3 Å². The molecule has 0 unspecified atom stereocenters. The van der Waals surface area contributed by atoms with Crippen LogP contribution in [0.5, 0.6) is 5.75 Å². The van der Waals surface area contributed by atoms with Gasteiger partial charge in [-0.3, -0.25) is 0 Å². The van der Waals surface area contributed by atoms with Crippen LogP contribution in [0.2, 0.25) is 0 Å². The van der Waals surface area contributed by atoms with Gasteiger partial charge >= 0.3 is 5.97 Å². The molecule has 0 spiro atoms. The highest BCUT2D eigenvalue weighted by atomic mass is 16.5. The molecule has 3 heteroatoms. The molecule has 1 atom stereocenters. The van der Waals surface area contributed by atoms with Crippen molar-refractivity contribution in [1.82, 2.24) is 0 Å². The van der Waals surface area contributed by atoms with Crippen LogP contribution in [0.1, 0.15) is 56.2 Å². The molecule has 0 saturated heterocycles. The third kappa shape index (κ3) is 1.93. The summed E-state index contributed by atoms with van der Waals surface area (Å²) in [5.41, 5.74) is 7.20. The molecule has 0 radical (unpaired) electrons. The van der Waals surface area contributed by atoms with Gasteiger partial charge in [0.1, 0.15) is 12.4 Å². The summed E-state index contributed by atoms with van der Waals surface area (Å²) >= 11 is 0. The minimum absolute atomic E-state index is 0.0524. The summed E-state index contributed by atoms with van der Waals surface area (Å²) in [5.74, 6) is 1.36. The van der Waals surface area contributed by atoms with E-state index in [9.17, 15) is 4.79 Å². The molecule has 1 heterocycles. The van der Waals surface area contributed by atoms with E-state index >= 15 is 0 Å². The summed E-state index contributed by atoms with van der Waals surface area (Å²) in [4.78, 5) is 11.9. The molecule has 0 saturated carbocycles. The first kappa shape index (κ1) is 15.5. The van der Waals surface area contributed by atoms with Crippen molar-refractivity contribution in [1.29, 1.82) is 0 Å². The first-order valence-corrected chi connectivity index (χ1v) is 8.77. The fourth-order valence-electron chi connectivity index (χ4n) is 4.66. The Kier molecular flexibility index (Phi) is 3.38. The van der Waals surface area contributed by atoms with Gasteiger partial charge in [-0.2, -0.15) is 0 Å². The van der Waals surface area contributed by atoms with Crippen LogP contribution >= 0.6 is 0 Å². The van der Waals surface area contributed by atoms with E-state index < -0.39 is 0 Å². The van der Waals surface area contributed by atoms with Gasteiger partial charge in [0, 0.05) is 22.1 Å². The molecule has 0 amide bonds. The lowest BCUT2D eigenvalue weighted by atomic mass is 9.61. The predicted molar refractivity (Wildman–Crippen MR) is 93.4 cm³/mol. The molecule has 0 bridgehead atoms. The lowest BCUT2D eigenvalue weighted by Crippen LogP contribution is -2.34. The Bertz CT molecular complexity index is 798. The third-order valence-corrected chi connectivity index (χ3v) is 5.97. The fraction of sp³-hybridized carbons (Fsp3) is 0.476. The number of allylic oxidation sites excluding steroid dienone is 1. The maximum absolute atomic E-state index is 11.9. The molecule has 1 aliphatic heterocycles. The lowest BCUT2D eigenvalue weighted by molar-refractivity contribution is -0.136. The Morgan fingerprint density at radius 3 is 2.75 bits per heavy atom. The standard InChI is InChI=1S/C21H24O3/c1-12(2)13-5-7-17-15(19(13)23-4)6-8-18-16-11-24-20(22)14(16)9-10-21(17,18)3/h5,7-8,12H,6,9-11H2,1-4H3/t21-/m1/s1. The normalized spacial score (nSPS) is 25.0. The van der Waals surface area contributed by atoms with Crippen LogP contribution in [-0.2, 0) is 21.4 Å². The molecular weight excluding hydrogens is 300 g/mol. The SMILES string of the molecule is COc1c(C(C)C)ccc2c1CC=C1C3=C(CC[C@@]12C)C(=O)OC3. The van der Waals surface area contributed by atoms with Gasteiger partial charge in [-0.15, -0.1) is 0 Å². The maximum atomic E-state index is 11.9. The van der Waals surface area contributed by atoms with Gasteiger partial charge in [-0.25, -0.2) is 4.79 Å². The van der Waals surface area contributed by atoms with E-state index in [0.717, 1.165) is 36.2 Å². The summed E-state index contributed by atoms with van der Waals surface area (Å²) in [5, 5.41) is 0. The first-order chi connectivity index (χ1) is 11.5. The van der Waals surface area contributed by atoms with Crippen LogP contribution in [-0.4, -0.2) is 19.7 Å². The predicted octanol–water partition coefficient (Wildman–Crippen LogP) is 4.21. The second-order valence-corrected chi connectivity index (χ2v) is 7.56. The van der Waals surface area contributed by atoms with E-state index in [1.165, 1.54) is 22.3 Å². The molecule has 1 aromatic rings. The Morgan fingerprint density at radius 1 is 1.25 bits per heavy atom. The number of rotatable bonds is 2. The topological polar surface area (TPSA) is 35.5 Å². The molecule has 3 nitrogen and oxygen atoms in total. The third-order valence-electron chi connectivity index (χ3n) is 5.97. The van der Waals surface area contributed by atoms with E-state index in [1.807, 2.05) is 0 Å². The zero-order valence-electron chi connectivity index (χ0n) is 14.9. The number of cyclic esters (lactones) is 1. The van der Waals surface area contributed by atoms with Gasteiger partial charge < -0.3 is 9.47 Å². The second-order valence-electron chi connectivity index (χ2n) is 7.56. The summed E-state index contributed by atoms with van der Waals surface area (Å²) in [6, 6.07) is 4.50. The first-order valence-electron chi connectivity index (χ1n) is 8.77. The van der Waals surface area contributed by atoms with E-state index in [4.69, 9.17) is 9.47 Å². The van der Waals surface area contributed by atoms with Crippen LogP contribution in [0.4, 0.5) is 0 Å². The number of methoxy groups -OCH3 is 1. The van der Waals surface area contributed by atoms with Crippen molar-refractivity contribution in [2.75, 3.05) is 13.7 Å². The van der Waals surface area contributed by atoms with Crippen molar-refractivity contribution in [3.05, 3.63) is 51.6 Å². The molecule has 126 valence electrons. The summed E-state index contributed by atoms with van der Waals surface area (Å²) in [7, 11) is 1.77. The number of hydrogen-bond acceptors (Lipinski definition) is 3. The van der Waals surface area contributed by atoms with E-state index in [0.29, 0.717) is 12.5 Å². The number of carbonyl (C=O) groups excluding carboxylic acids is 1. The number of fused-ring (bicyclic) bond motifs is 4. The van der Waals surface area contributed by atoms with E-state index in [1.54, 1.807) is 7.11 Å². The summed E-state index contributed by atoms with van der Waals surface area (Å²) in [6.45, 7) is 7.15. The van der Waals surface area contributed by atoms with E-state index in [-0.39, 0.29) is 11.4 Å². The van der Waals surface area contributed by atoms with Gasteiger partial charge in [0.05, 0.1) is 7.11 Å². The average Bonchev–Trinajstić information content (AvgIpc) is 2.94. The number of esters is 1. The van der Waals surface area contributed by atoms with Gasteiger partial charge in [0.25, 0.3) is 0 Å². The number of hydrogen-bond donors (Lipinski definition) is 0. The molecular formula is C21H24O3. The Labute approximate surface area is 143 Å². The van der Waals surface area contributed by atoms with Gasteiger partial charge in [0.15, 0.2) is 0 Å². The largest absolute Gasteiger partial charge is 0.496 e. The number of ether oxygens (including phenoxy) is 2. The molecule has 4 rings (SSSR count). The average molecular weight is 324 g/mol. The molecule has 0 aromatic heterocycles. The smallest absolute Gasteiger partial charge is 0.334 e. The van der Waals surface area contributed by atoms with Crippen LogP contribution < -0.4 is 4.74 Å². The Balaban J connectivity index is 1.89. The van der Waals surface area contributed by atoms with Crippen molar-refractivity contribution in [3.8, 4) is 5.75 Å². The molecule has 0 fully saturated rings. The minimum atomic E-state index is -0.119. The van der Waals surface area contributed by atoms with Crippen LogP contribution in [0.3, 0.4) is 0 Å². The van der Waals surface area contributed by atoms with Crippen LogP contribution in [0.15, 0.2) is 34.9 Å². The zero-order chi connectivity index (χ0) is 17.1. The maximum Gasteiger partial charge on any atom is 0.334 e. The second kappa shape index (κ2) is 5.23. The lowest BCUT2D eigenvalue weighted by Gasteiger charge is -2.41. The highest BCUT2D eigenvalue weighted by Gasteiger charge is 2.45. The van der Waals surface area contributed by atoms with Crippen LogP contribution in [0, 0.1) is 0 Å². The number of benzene rings is 1. The van der Waals surface area contributed by atoms with Gasteiger partial charge in [-0.05, 0) is 41.9 Å². The van der Waals surface area contributed by atoms with Gasteiger partial charge in [0.2, 0.25) is 0 Å². The summed E-state index contributed by atoms with van der Waals surface area (Å²) < 4.78 is 11.1.